The standard InChI is InChI=1S/C24H26Cl2F2N4O2S.C4H6O/c1-14-3-8-20(17(26)9-14)35-31-11-18(29-2)23(33)32-19(10-15-4-6-16(25)7-5-15)24(34)30(12-21(27)28)13-22(31)32;5-3-4-1-2-4/h3-9,18-19,21-22,29H,10-13H2,1-2H3;3-4H,1-2H2. The first-order valence-corrected chi connectivity index (χ1v) is 14.6. The lowest BCUT2D eigenvalue weighted by atomic mass is 9.97. The molecule has 5 rings (SSSR count). The van der Waals surface area contributed by atoms with Crippen molar-refractivity contribution < 1.29 is 23.2 Å². The number of halogens is 4. The number of nitrogens with one attached hydrogen (secondary N) is 1. The van der Waals surface area contributed by atoms with Crippen LogP contribution in [-0.4, -0.2) is 83.6 Å². The molecule has 3 aliphatic rings. The molecule has 1 saturated carbocycles. The lowest BCUT2D eigenvalue weighted by Crippen LogP contribution is -2.74. The number of piperazine rings is 1. The van der Waals surface area contributed by atoms with Gasteiger partial charge in [-0.05, 0) is 74.2 Å². The lowest BCUT2D eigenvalue weighted by molar-refractivity contribution is -0.168. The van der Waals surface area contributed by atoms with Crippen LogP contribution in [0, 0.1) is 12.8 Å². The highest BCUT2D eigenvalue weighted by atomic mass is 35.5. The number of rotatable bonds is 8. The summed E-state index contributed by atoms with van der Waals surface area (Å²) >= 11 is 13.8. The van der Waals surface area contributed by atoms with E-state index in [0.717, 1.165) is 35.2 Å². The molecule has 3 unspecified atom stereocenters. The largest absolute Gasteiger partial charge is 0.332 e. The highest BCUT2D eigenvalue weighted by Crippen LogP contribution is 2.37. The van der Waals surface area contributed by atoms with Gasteiger partial charge in [0.05, 0.1) is 18.1 Å². The normalized spacial score (nSPS) is 23.1. The van der Waals surface area contributed by atoms with Crippen molar-refractivity contribution in [2.45, 2.75) is 55.8 Å². The Morgan fingerprint density at radius 3 is 2.33 bits per heavy atom. The minimum Gasteiger partial charge on any atom is -0.332 e. The van der Waals surface area contributed by atoms with E-state index in [1.807, 2.05) is 29.4 Å². The Hall–Kier alpha value is -2.24. The second kappa shape index (κ2) is 13.6. The van der Waals surface area contributed by atoms with E-state index in [9.17, 15) is 23.2 Å². The molecule has 12 heteroatoms. The van der Waals surface area contributed by atoms with Crippen LogP contribution in [0.5, 0.6) is 0 Å². The number of nitrogens with zero attached hydrogens (tertiary/aromatic N) is 3. The van der Waals surface area contributed by atoms with Gasteiger partial charge in [-0.2, -0.15) is 0 Å². The van der Waals surface area contributed by atoms with Gasteiger partial charge >= 0.3 is 0 Å². The third-order valence-electron chi connectivity index (χ3n) is 7.05. The molecule has 2 heterocycles. The fourth-order valence-corrected chi connectivity index (χ4v) is 6.22. The van der Waals surface area contributed by atoms with E-state index >= 15 is 0 Å². The van der Waals surface area contributed by atoms with E-state index in [4.69, 9.17) is 23.2 Å². The van der Waals surface area contributed by atoms with Crippen LogP contribution in [0.3, 0.4) is 0 Å². The molecule has 2 aliphatic heterocycles. The van der Waals surface area contributed by atoms with Gasteiger partial charge in [-0.15, -0.1) is 0 Å². The number of benzene rings is 2. The first kappa shape index (κ1) is 30.7. The number of carbonyl (C=O) groups is 3. The average Bonchev–Trinajstić information content (AvgIpc) is 3.75. The number of likely N-dealkylation sites (N-methyl/N-ethyl adjacent to an activating group) is 1. The number of hydrogen-bond donors (Lipinski definition) is 1. The van der Waals surface area contributed by atoms with Gasteiger partial charge < -0.3 is 19.9 Å². The molecule has 216 valence electrons. The second-order valence-corrected chi connectivity index (χ2v) is 12.1. The van der Waals surface area contributed by atoms with Crippen molar-refractivity contribution in [2.24, 2.45) is 5.92 Å². The predicted octanol–water partition coefficient (Wildman–Crippen LogP) is 4.68. The quantitative estimate of drug-likeness (QED) is 0.345. The molecule has 0 bridgehead atoms. The maximum atomic E-state index is 13.5. The van der Waals surface area contributed by atoms with Crippen LogP contribution < -0.4 is 5.32 Å². The van der Waals surface area contributed by atoms with Crippen molar-refractivity contribution in [1.82, 2.24) is 19.4 Å². The van der Waals surface area contributed by atoms with E-state index in [0.29, 0.717) is 22.5 Å². The zero-order valence-corrected chi connectivity index (χ0v) is 24.6. The van der Waals surface area contributed by atoms with E-state index in [1.54, 1.807) is 36.2 Å². The van der Waals surface area contributed by atoms with E-state index in [1.165, 1.54) is 16.8 Å². The molecular formula is C28H32Cl2F2N4O3S. The molecule has 2 aromatic carbocycles. The van der Waals surface area contributed by atoms with Gasteiger partial charge in [0.15, 0.2) is 0 Å². The molecule has 40 heavy (non-hydrogen) atoms. The first-order chi connectivity index (χ1) is 19.1. The summed E-state index contributed by atoms with van der Waals surface area (Å²) in [6.45, 7) is 1.57. The maximum absolute atomic E-state index is 13.5. The van der Waals surface area contributed by atoms with Crippen LogP contribution in [0.1, 0.15) is 24.0 Å². The van der Waals surface area contributed by atoms with Crippen LogP contribution in [0.25, 0.3) is 0 Å². The fraction of sp³-hybridized carbons (Fsp3) is 0.464. The molecule has 0 radical (unpaired) electrons. The average molecular weight is 614 g/mol. The topological polar surface area (TPSA) is 73.0 Å². The van der Waals surface area contributed by atoms with Crippen molar-refractivity contribution in [2.75, 3.05) is 26.7 Å². The van der Waals surface area contributed by atoms with E-state index < -0.39 is 37.1 Å². The third-order valence-corrected chi connectivity index (χ3v) is 8.91. The molecule has 0 spiro atoms. The summed E-state index contributed by atoms with van der Waals surface area (Å²) in [5.41, 5.74) is 1.79. The number of aryl methyl sites for hydroxylation is 1. The Bertz CT molecular complexity index is 1220. The number of hydrogen-bond acceptors (Lipinski definition) is 6. The highest BCUT2D eigenvalue weighted by molar-refractivity contribution is 7.97. The van der Waals surface area contributed by atoms with Gasteiger partial charge in [-0.3, -0.25) is 9.59 Å². The molecule has 3 atom stereocenters. The lowest BCUT2D eigenvalue weighted by Gasteiger charge is -2.53. The summed E-state index contributed by atoms with van der Waals surface area (Å²) in [6, 6.07) is 11.2. The SMILES string of the molecule is CNC1CN(Sc2ccc(C)cc2Cl)C2CN(CC(F)F)C(=O)C(Cc3ccc(Cl)cc3)N2C1=O.O=CC1CC1. The van der Waals surface area contributed by atoms with Crippen LogP contribution in [0.4, 0.5) is 8.78 Å². The Morgan fingerprint density at radius 1 is 1.07 bits per heavy atom. The van der Waals surface area contributed by atoms with Gasteiger partial charge in [-0.1, -0.05) is 41.4 Å². The molecule has 3 fully saturated rings. The third kappa shape index (κ3) is 7.53. The summed E-state index contributed by atoms with van der Waals surface area (Å²) < 4.78 is 28.8. The Kier molecular flexibility index (Phi) is 10.5. The number of alkyl halides is 2. The van der Waals surface area contributed by atoms with Gasteiger partial charge in [0.1, 0.15) is 24.5 Å². The first-order valence-electron chi connectivity index (χ1n) is 13.1. The van der Waals surface area contributed by atoms with Crippen molar-refractivity contribution >= 4 is 53.3 Å². The van der Waals surface area contributed by atoms with Crippen LogP contribution >= 0.6 is 35.1 Å². The second-order valence-electron chi connectivity index (χ2n) is 10.1. The number of carbonyl (C=O) groups excluding carboxylic acids is 3. The van der Waals surface area contributed by atoms with Crippen LogP contribution in [0.15, 0.2) is 47.4 Å². The fourth-order valence-electron chi connectivity index (χ4n) is 4.71. The predicted molar refractivity (Wildman–Crippen MR) is 153 cm³/mol. The van der Waals surface area contributed by atoms with Gasteiger partial charge in [0.25, 0.3) is 6.43 Å². The van der Waals surface area contributed by atoms with Crippen molar-refractivity contribution in [3.05, 3.63) is 63.6 Å². The summed E-state index contributed by atoms with van der Waals surface area (Å²) in [5.74, 6) is -0.261. The molecule has 2 aromatic rings. The molecule has 2 amide bonds. The summed E-state index contributed by atoms with van der Waals surface area (Å²) in [5, 5.41) is 4.14. The van der Waals surface area contributed by atoms with Gasteiger partial charge in [-0.25, -0.2) is 13.1 Å². The van der Waals surface area contributed by atoms with Gasteiger partial charge in [0, 0.05) is 28.8 Å². The monoisotopic (exact) mass is 612 g/mol. The van der Waals surface area contributed by atoms with Crippen LogP contribution in [-0.2, 0) is 20.8 Å². The smallest absolute Gasteiger partial charge is 0.255 e. The van der Waals surface area contributed by atoms with Crippen molar-refractivity contribution in [3.63, 3.8) is 0 Å². The number of amides is 2. The van der Waals surface area contributed by atoms with E-state index in [2.05, 4.69) is 5.32 Å². The summed E-state index contributed by atoms with van der Waals surface area (Å²) in [4.78, 5) is 40.0. The van der Waals surface area contributed by atoms with Crippen molar-refractivity contribution in [3.8, 4) is 0 Å². The Labute approximate surface area is 247 Å². The number of fused-ring (bicyclic) bond motifs is 1. The molecule has 7 nitrogen and oxygen atoms in total. The minimum atomic E-state index is -2.68. The van der Waals surface area contributed by atoms with Gasteiger partial charge in [0.2, 0.25) is 11.8 Å². The van der Waals surface area contributed by atoms with Crippen LogP contribution in [0.2, 0.25) is 10.0 Å². The van der Waals surface area contributed by atoms with E-state index in [-0.39, 0.29) is 18.9 Å². The molecule has 2 saturated heterocycles. The molecular weight excluding hydrogens is 581 g/mol. The highest BCUT2D eigenvalue weighted by Gasteiger charge is 2.51. The maximum Gasteiger partial charge on any atom is 0.255 e. The molecule has 0 aromatic heterocycles. The zero-order chi connectivity index (χ0) is 29.0. The summed E-state index contributed by atoms with van der Waals surface area (Å²) in [7, 11) is 1.69. The Morgan fingerprint density at radius 2 is 1.77 bits per heavy atom. The molecule has 1 N–H and O–H groups in total. The number of aldehydes is 1. The van der Waals surface area contributed by atoms with Crippen molar-refractivity contribution in [1.29, 1.82) is 0 Å². The zero-order valence-electron chi connectivity index (χ0n) is 22.2. The minimum absolute atomic E-state index is 0.0149. The molecule has 1 aliphatic carbocycles. The summed E-state index contributed by atoms with van der Waals surface area (Å²) in [6.07, 6.45) is 0.229. The Balaban J connectivity index is 0.000000666.